The number of aliphatic imine (C=N–C) groups is 1. The second-order valence-corrected chi connectivity index (χ2v) is 7.15. The maximum atomic E-state index is 12.0. The van der Waals surface area contributed by atoms with Crippen molar-refractivity contribution in [3.63, 3.8) is 0 Å². The maximum absolute atomic E-state index is 12.0. The number of carbonyl (C=O) groups is 1. The van der Waals surface area contributed by atoms with Gasteiger partial charge in [-0.25, -0.2) is 0 Å². The Labute approximate surface area is 142 Å². The fraction of sp³-hybridized carbons (Fsp3) is 0.882. The first-order valence-corrected chi connectivity index (χ1v) is 8.45. The molecule has 6 nitrogen and oxygen atoms in total. The molecule has 0 aliphatic heterocycles. The maximum Gasteiger partial charge on any atom is 0.240 e. The van der Waals surface area contributed by atoms with Crippen LogP contribution in [0.2, 0.25) is 0 Å². The fourth-order valence-corrected chi connectivity index (χ4v) is 2.28. The van der Waals surface area contributed by atoms with Crippen LogP contribution in [0, 0.1) is 5.92 Å². The summed E-state index contributed by atoms with van der Waals surface area (Å²) in [5, 5.41) is 6.25. The van der Waals surface area contributed by atoms with Gasteiger partial charge in [-0.1, -0.05) is 13.8 Å². The van der Waals surface area contributed by atoms with Gasteiger partial charge in [0.25, 0.3) is 0 Å². The number of hydrogen-bond donors (Lipinski definition) is 2. The van der Waals surface area contributed by atoms with E-state index >= 15 is 0 Å². The molecule has 0 saturated carbocycles. The molecule has 136 valence electrons. The van der Waals surface area contributed by atoms with Crippen molar-refractivity contribution >= 4 is 11.9 Å². The standard InChI is InChI=1S/C17H36N4O2/c1-9-23-14(13(2)3)10-11-19-16(18-7)21(8)12-15(22)20-17(4,5)6/h13-14H,9-12H2,1-8H3,(H,18,19)(H,20,22). The molecule has 1 amide bonds. The monoisotopic (exact) mass is 328 g/mol. The van der Waals surface area contributed by atoms with Gasteiger partial charge in [0.1, 0.15) is 0 Å². The van der Waals surface area contributed by atoms with Gasteiger partial charge in [0.15, 0.2) is 5.96 Å². The highest BCUT2D eigenvalue weighted by Gasteiger charge is 2.17. The van der Waals surface area contributed by atoms with E-state index in [1.807, 2.05) is 39.6 Å². The molecule has 2 N–H and O–H groups in total. The summed E-state index contributed by atoms with van der Waals surface area (Å²) in [6.45, 7) is 14.0. The summed E-state index contributed by atoms with van der Waals surface area (Å²) in [6, 6.07) is 0. The summed E-state index contributed by atoms with van der Waals surface area (Å²) in [4.78, 5) is 18.1. The zero-order valence-electron chi connectivity index (χ0n) is 16.2. The van der Waals surface area contributed by atoms with Gasteiger partial charge in [-0.3, -0.25) is 9.79 Å². The minimum atomic E-state index is -0.225. The zero-order chi connectivity index (χ0) is 18.0. The molecule has 0 radical (unpaired) electrons. The molecule has 0 aromatic rings. The van der Waals surface area contributed by atoms with Crippen LogP contribution in [0.3, 0.4) is 0 Å². The predicted octanol–water partition coefficient (Wildman–Crippen LogP) is 1.86. The summed E-state index contributed by atoms with van der Waals surface area (Å²) < 4.78 is 5.74. The topological polar surface area (TPSA) is 66.0 Å². The summed E-state index contributed by atoms with van der Waals surface area (Å²) >= 11 is 0. The Bertz CT molecular complexity index is 375. The van der Waals surface area contributed by atoms with Crippen LogP contribution in [-0.4, -0.2) is 62.2 Å². The van der Waals surface area contributed by atoms with Gasteiger partial charge in [0, 0.05) is 32.8 Å². The van der Waals surface area contributed by atoms with Crippen LogP contribution in [0.5, 0.6) is 0 Å². The summed E-state index contributed by atoms with van der Waals surface area (Å²) in [6.07, 6.45) is 1.15. The van der Waals surface area contributed by atoms with Crippen molar-refractivity contribution in [2.75, 3.05) is 33.8 Å². The molecule has 0 aromatic carbocycles. The average molecular weight is 329 g/mol. The highest BCUT2D eigenvalue weighted by atomic mass is 16.5. The van der Waals surface area contributed by atoms with Crippen LogP contribution in [0.15, 0.2) is 4.99 Å². The molecule has 1 atom stereocenters. The average Bonchev–Trinajstić information content (AvgIpc) is 2.39. The predicted molar refractivity (Wildman–Crippen MR) is 96.8 cm³/mol. The molecule has 1 unspecified atom stereocenters. The Morgan fingerprint density at radius 3 is 2.35 bits per heavy atom. The number of amides is 1. The molecule has 0 aromatic heterocycles. The lowest BCUT2D eigenvalue weighted by molar-refractivity contribution is -0.122. The minimum Gasteiger partial charge on any atom is -0.378 e. The van der Waals surface area contributed by atoms with Gasteiger partial charge in [-0.05, 0) is 40.0 Å². The Hall–Kier alpha value is -1.30. The normalized spacial score (nSPS) is 13.9. The largest absolute Gasteiger partial charge is 0.378 e. The van der Waals surface area contributed by atoms with Crippen molar-refractivity contribution in [3.05, 3.63) is 0 Å². The molecule has 0 fully saturated rings. The van der Waals surface area contributed by atoms with Gasteiger partial charge >= 0.3 is 0 Å². The quantitative estimate of drug-likeness (QED) is 0.527. The highest BCUT2D eigenvalue weighted by molar-refractivity contribution is 5.86. The van der Waals surface area contributed by atoms with Crippen molar-refractivity contribution in [1.82, 2.24) is 15.5 Å². The third-order valence-corrected chi connectivity index (χ3v) is 3.30. The molecule has 0 aliphatic carbocycles. The molecule has 0 spiro atoms. The lowest BCUT2D eigenvalue weighted by atomic mass is 10.0. The Morgan fingerprint density at radius 2 is 1.91 bits per heavy atom. The van der Waals surface area contributed by atoms with Gasteiger partial charge in [-0.15, -0.1) is 0 Å². The summed E-state index contributed by atoms with van der Waals surface area (Å²) in [5.74, 6) is 1.18. The Morgan fingerprint density at radius 1 is 1.30 bits per heavy atom. The van der Waals surface area contributed by atoms with Crippen LogP contribution in [0.4, 0.5) is 0 Å². The number of rotatable bonds is 8. The molecule has 0 aliphatic rings. The first-order chi connectivity index (χ1) is 10.6. The molecule has 0 bridgehead atoms. The number of nitrogens with zero attached hydrogens (tertiary/aromatic N) is 2. The highest BCUT2D eigenvalue weighted by Crippen LogP contribution is 2.10. The van der Waals surface area contributed by atoms with Crippen LogP contribution in [0.1, 0.15) is 48.0 Å². The van der Waals surface area contributed by atoms with Gasteiger partial charge in [0.2, 0.25) is 5.91 Å². The second kappa shape index (κ2) is 10.5. The zero-order valence-corrected chi connectivity index (χ0v) is 16.2. The van der Waals surface area contributed by atoms with Crippen molar-refractivity contribution < 1.29 is 9.53 Å². The molecule has 0 rings (SSSR count). The van der Waals surface area contributed by atoms with E-state index in [1.165, 1.54) is 0 Å². The molecule has 6 heteroatoms. The van der Waals surface area contributed by atoms with Gasteiger partial charge < -0.3 is 20.3 Å². The van der Waals surface area contributed by atoms with E-state index in [-0.39, 0.29) is 24.1 Å². The molecule has 23 heavy (non-hydrogen) atoms. The van der Waals surface area contributed by atoms with E-state index in [0.29, 0.717) is 11.9 Å². The minimum absolute atomic E-state index is 0.0164. The van der Waals surface area contributed by atoms with Gasteiger partial charge in [-0.2, -0.15) is 0 Å². The Kier molecular flexibility index (Phi) is 9.88. The molecule has 0 heterocycles. The van der Waals surface area contributed by atoms with Crippen molar-refractivity contribution in [2.24, 2.45) is 10.9 Å². The Balaban J connectivity index is 4.36. The van der Waals surface area contributed by atoms with Crippen LogP contribution in [-0.2, 0) is 9.53 Å². The first kappa shape index (κ1) is 21.7. The number of guanidine groups is 1. The fourth-order valence-electron chi connectivity index (χ4n) is 2.28. The van der Waals surface area contributed by atoms with Crippen molar-refractivity contribution in [1.29, 1.82) is 0 Å². The first-order valence-electron chi connectivity index (χ1n) is 8.45. The molecular formula is C17H36N4O2. The molecular weight excluding hydrogens is 292 g/mol. The van der Waals surface area contributed by atoms with E-state index in [2.05, 4.69) is 29.5 Å². The van der Waals surface area contributed by atoms with E-state index in [9.17, 15) is 4.79 Å². The lowest BCUT2D eigenvalue weighted by Gasteiger charge is -2.26. The third kappa shape index (κ3) is 10.2. The number of carbonyl (C=O) groups excluding carboxylic acids is 1. The number of nitrogens with one attached hydrogen (secondary N) is 2. The van der Waals surface area contributed by atoms with Crippen molar-refractivity contribution in [3.8, 4) is 0 Å². The number of ether oxygens (including phenoxy) is 1. The van der Waals surface area contributed by atoms with Crippen LogP contribution >= 0.6 is 0 Å². The van der Waals surface area contributed by atoms with Gasteiger partial charge in [0.05, 0.1) is 12.6 Å². The van der Waals surface area contributed by atoms with Crippen LogP contribution < -0.4 is 10.6 Å². The summed E-state index contributed by atoms with van der Waals surface area (Å²) in [5.41, 5.74) is -0.225. The van der Waals surface area contributed by atoms with E-state index in [1.54, 1.807) is 7.05 Å². The smallest absolute Gasteiger partial charge is 0.240 e. The number of hydrogen-bond acceptors (Lipinski definition) is 3. The van der Waals surface area contributed by atoms with Crippen LogP contribution in [0.25, 0.3) is 0 Å². The van der Waals surface area contributed by atoms with Crippen molar-refractivity contribution in [2.45, 2.75) is 59.6 Å². The van der Waals surface area contributed by atoms with E-state index < -0.39 is 0 Å². The lowest BCUT2D eigenvalue weighted by Crippen LogP contribution is -2.49. The summed E-state index contributed by atoms with van der Waals surface area (Å²) in [7, 11) is 3.59. The molecule has 0 saturated heterocycles. The van der Waals surface area contributed by atoms with E-state index in [4.69, 9.17) is 4.74 Å². The SMILES string of the molecule is CCOC(CCNC(=NC)N(C)CC(=O)NC(C)(C)C)C(C)C. The second-order valence-electron chi connectivity index (χ2n) is 7.15. The van der Waals surface area contributed by atoms with E-state index in [0.717, 1.165) is 19.6 Å². The third-order valence-electron chi connectivity index (χ3n) is 3.30. The number of likely N-dealkylation sites (N-methyl/N-ethyl adjacent to an activating group) is 1.